The molecule has 3 heterocycles. The predicted molar refractivity (Wildman–Crippen MR) is 88.4 cm³/mol. The number of nitrogens with one attached hydrogen (secondary N) is 3. The highest BCUT2D eigenvalue weighted by atomic mass is 32.2. The lowest BCUT2D eigenvalue weighted by atomic mass is 10.0. The number of pyridine rings is 1. The van der Waals surface area contributed by atoms with Gasteiger partial charge in [-0.1, -0.05) is 0 Å². The Labute approximate surface area is 138 Å². The minimum absolute atomic E-state index is 0.0543. The highest BCUT2D eigenvalue weighted by Gasteiger charge is 2.25. The third kappa shape index (κ3) is 3.12. The van der Waals surface area contributed by atoms with Crippen LogP contribution in [0.5, 0.6) is 0 Å². The van der Waals surface area contributed by atoms with Gasteiger partial charge in [0.1, 0.15) is 10.5 Å². The van der Waals surface area contributed by atoms with Gasteiger partial charge in [-0.25, -0.2) is 22.9 Å². The maximum absolute atomic E-state index is 12.6. The summed E-state index contributed by atoms with van der Waals surface area (Å²) in [6, 6.07) is 1.31. The van der Waals surface area contributed by atoms with Crippen molar-refractivity contribution in [2.75, 3.05) is 6.54 Å². The van der Waals surface area contributed by atoms with Crippen LogP contribution in [0, 0.1) is 0 Å². The van der Waals surface area contributed by atoms with Gasteiger partial charge >= 0.3 is 5.69 Å². The number of aromatic amines is 1. The summed E-state index contributed by atoms with van der Waals surface area (Å²) in [6.45, 7) is 2.74. The largest absolute Gasteiger partial charge is 0.329 e. The zero-order valence-corrected chi connectivity index (χ0v) is 14.2. The molecule has 24 heavy (non-hydrogen) atoms. The van der Waals surface area contributed by atoms with E-state index in [4.69, 9.17) is 0 Å². The fourth-order valence-corrected chi connectivity index (χ4v) is 4.14. The standard InChI is InChI=1S/C14H19N5O4S/c1-8-5-9(3-4-15-8)18-24(22,23)10-6-11-12(16-7-10)19(2)14(21)17-13(11)20/h6-9,15,18H,3-5H2,1-2H3,(H,17,20,21). The van der Waals surface area contributed by atoms with Crippen LogP contribution in [0.4, 0.5) is 0 Å². The van der Waals surface area contributed by atoms with Gasteiger partial charge in [0.05, 0.1) is 5.39 Å². The minimum atomic E-state index is -3.79. The minimum Gasteiger partial charge on any atom is -0.314 e. The zero-order chi connectivity index (χ0) is 17.5. The quantitative estimate of drug-likeness (QED) is 0.652. The van der Waals surface area contributed by atoms with Crippen LogP contribution in [0.3, 0.4) is 0 Å². The second kappa shape index (κ2) is 6.11. The van der Waals surface area contributed by atoms with Crippen molar-refractivity contribution in [1.29, 1.82) is 0 Å². The van der Waals surface area contributed by atoms with Crippen molar-refractivity contribution in [2.24, 2.45) is 7.05 Å². The van der Waals surface area contributed by atoms with Gasteiger partial charge < -0.3 is 5.32 Å². The SMILES string of the molecule is CC1CC(NS(=O)(=O)c2cnc3c(c2)c(=O)[nH]c(=O)n3C)CCN1. The topological polar surface area (TPSA) is 126 Å². The summed E-state index contributed by atoms with van der Waals surface area (Å²) in [7, 11) is -2.34. The molecule has 130 valence electrons. The van der Waals surface area contributed by atoms with Gasteiger partial charge in [-0.3, -0.25) is 14.3 Å². The maximum Gasteiger partial charge on any atom is 0.329 e. The Kier molecular flexibility index (Phi) is 4.28. The number of sulfonamides is 1. The number of nitrogens with zero attached hydrogens (tertiary/aromatic N) is 2. The number of piperidine rings is 1. The molecule has 2 atom stereocenters. The van der Waals surface area contributed by atoms with E-state index in [2.05, 4.69) is 20.0 Å². The Morgan fingerprint density at radius 2 is 2.12 bits per heavy atom. The van der Waals surface area contributed by atoms with Gasteiger partial charge in [-0.05, 0) is 32.4 Å². The molecule has 1 aliphatic heterocycles. The van der Waals surface area contributed by atoms with Crippen molar-refractivity contribution in [3.05, 3.63) is 33.1 Å². The van der Waals surface area contributed by atoms with Gasteiger partial charge in [0.2, 0.25) is 10.0 Å². The molecule has 3 rings (SSSR count). The molecule has 0 spiro atoms. The summed E-state index contributed by atoms with van der Waals surface area (Å²) in [5.41, 5.74) is -1.12. The molecule has 2 aromatic rings. The molecular formula is C14H19N5O4S. The van der Waals surface area contributed by atoms with Crippen molar-refractivity contribution in [2.45, 2.75) is 36.7 Å². The fraction of sp³-hybridized carbons (Fsp3) is 0.500. The summed E-state index contributed by atoms with van der Waals surface area (Å²) in [5, 5.41) is 3.31. The molecule has 1 fully saturated rings. The first-order valence-corrected chi connectivity index (χ1v) is 9.11. The number of H-pyrrole nitrogens is 1. The molecule has 0 saturated carbocycles. The third-order valence-electron chi connectivity index (χ3n) is 4.18. The van der Waals surface area contributed by atoms with Crippen LogP contribution in [0.1, 0.15) is 19.8 Å². The Bertz CT molecular complexity index is 994. The summed E-state index contributed by atoms with van der Waals surface area (Å²) < 4.78 is 28.9. The number of aromatic nitrogens is 3. The normalized spacial score (nSPS) is 21.9. The number of fused-ring (bicyclic) bond motifs is 1. The lowest BCUT2D eigenvalue weighted by Gasteiger charge is -2.28. The second-order valence-corrected chi connectivity index (χ2v) is 7.77. The van der Waals surface area contributed by atoms with E-state index < -0.39 is 21.3 Å². The average molecular weight is 353 g/mol. The maximum atomic E-state index is 12.6. The first-order chi connectivity index (χ1) is 11.3. The van der Waals surface area contributed by atoms with Crippen LogP contribution < -0.4 is 21.3 Å². The van der Waals surface area contributed by atoms with Crippen molar-refractivity contribution in [3.8, 4) is 0 Å². The van der Waals surface area contributed by atoms with Crippen LogP contribution in [0.15, 0.2) is 26.7 Å². The van der Waals surface area contributed by atoms with E-state index in [9.17, 15) is 18.0 Å². The van der Waals surface area contributed by atoms with Crippen molar-refractivity contribution >= 4 is 21.1 Å². The lowest BCUT2D eigenvalue weighted by Crippen LogP contribution is -2.46. The number of hydrogen-bond acceptors (Lipinski definition) is 6. The fourth-order valence-electron chi connectivity index (χ4n) is 2.89. The van der Waals surface area contributed by atoms with Crippen LogP contribution in [-0.4, -0.2) is 41.6 Å². The number of aryl methyl sites for hydroxylation is 1. The molecule has 1 aliphatic rings. The van der Waals surface area contributed by atoms with E-state index >= 15 is 0 Å². The van der Waals surface area contributed by atoms with Crippen molar-refractivity contribution in [1.82, 2.24) is 24.6 Å². The summed E-state index contributed by atoms with van der Waals surface area (Å²) in [4.78, 5) is 29.5. The Balaban J connectivity index is 1.99. The molecule has 1 saturated heterocycles. The first-order valence-electron chi connectivity index (χ1n) is 7.63. The molecule has 0 aromatic carbocycles. The predicted octanol–water partition coefficient (Wildman–Crippen LogP) is -0.959. The van der Waals surface area contributed by atoms with E-state index in [1.165, 1.54) is 13.1 Å². The monoisotopic (exact) mass is 353 g/mol. The highest BCUT2D eigenvalue weighted by molar-refractivity contribution is 7.89. The van der Waals surface area contributed by atoms with Crippen molar-refractivity contribution < 1.29 is 8.42 Å². The van der Waals surface area contributed by atoms with Crippen LogP contribution in [-0.2, 0) is 17.1 Å². The second-order valence-electron chi connectivity index (χ2n) is 6.06. The van der Waals surface area contributed by atoms with E-state index in [1.807, 2.05) is 6.92 Å². The van der Waals surface area contributed by atoms with E-state index in [0.717, 1.165) is 17.3 Å². The molecule has 0 aliphatic carbocycles. The summed E-state index contributed by atoms with van der Waals surface area (Å²) in [5.74, 6) is 0. The highest BCUT2D eigenvalue weighted by Crippen LogP contribution is 2.16. The van der Waals surface area contributed by atoms with Gasteiger partial charge in [0, 0.05) is 25.3 Å². The van der Waals surface area contributed by atoms with E-state index in [1.54, 1.807) is 0 Å². The van der Waals surface area contributed by atoms with Gasteiger partial charge in [-0.2, -0.15) is 0 Å². The molecule has 9 nitrogen and oxygen atoms in total. The van der Waals surface area contributed by atoms with Gasteiger partial charge in [0.15, 0.2) is 0 Å². The molecule has 10 heteroatoms. The molecule has 2 unspecified atom stereocenters. The van der Waals surface area contributed by atoms with Crippen LogP contribution >= 0.6 is 0 Å². The lowest BCUT2D eigenvalue weighted by molar-refractivity contribution is 0.361. The van der Waals surface area contributed by atoms with Gasteiger partial charge in [0.25, 0.3) is 5.56 Å². The summed E-state index contributed by atoms with van der Waals surface area (Å²) in [6.07, 6.45) is 2.54. The van der Waals surface area contributed by atoms with E-state index in [-0.39, 0.29) is 28.0 Å². The summed E-state index contributed by atoms with van der Waals surface area (Å²) >= 11 is 0. The number of rotatable bonds is 3. The molecule has 0 bridgehead atoms. The Morgan fingerprint density at radius 1 is 1.38 bits per heavy atom. The molecule has 2 aromatic heterocycles. The van der Waals surface area contributed by atoms with Crippen LogP contribution in [0.2, 0.25) is 0 Å². The number of hydrogen-bond donors (Lipinski definition) is 3. The molecular weight excluding hydrogens is 334 g/mol. The molecule has 0 amide bonds. The molecule has 3 N–H and O–H groups in total. The Hall–Kier alpha value is -2.04. The van der Waals surface area contributed by atoms with Gasteiger partial charge in [-0.15, -0.1) is 0 Å². The Morgan fingerprint density at radius 3 is 2.83 bits per heavy atom. The van der Waals surface area contributed by atoms with E-state index in [0.29, 0.717) is 12.8 Å². The smallest absolute Gasteiger partial charge is 0.314 e. The first kappa shape index (κ1) is 16.8. The molecule has 0 radical (unpaired) electrons. The third-order valence-corrected chi connectivity index (χ3v) is 5.67. The van der Waals surface area contributed by atoms with Crippen LogP contribution in [0.25, 0.3) is 11.0 Å². The average Bonchev–Trinajstić information content (AvgIpc) is 2.52. The van der Waals surface area contributed by atoms with Crippen molar-refractivity contribution in [3.63, 3.8) is 0 Å². The zero-order valence-electron chi connectivity index (χ0n) is 13.4.